The zero-order chi connectivity index (χ0) is 28.0. The summed E-state index contributed by atoms with van der Waals surface area (Å²) in [6.45, 7) is 0. The summed E-state index contributed by atoms with van der Waals surface area (Å²) in [6.07, 6.45) is -0.0914. The van der Waals surface area contributed by atoms with Crippen LogP contribution in [0.1, 0.15) is 22.3 Å². The number of carbonyl (C=O) groups excluding carboxylic acids is 3. The van der Waals surface area contributed by atoms with E-state index < -0.39 is 74.7 Å². The number of allylic oxidation sites excluding steroid dienone is 1. The number of hydrogen-bond donors (Lipinski definition) is 6. The number of anilines is 1. The lowest BCUT2D eigenvalue weighted by molar-refractivity contribution is -0.148. The largest absolute Gasteiger partial charge is 0.510 e. The van der Waals surface area contributed by atoms with Crippen LogP contribution in [-0.2, 0) is 16.0 Å². The molecule has 2 aromatic carbocycles. The topological polar surface area (TPSA) is 208 Å². The summed E-state index contributed by atoms with van der Waals surface area (Å²) >= 11 is 0. The maximum atomic E-state index is 13.7. The molecule has 0 spiro atoms. The van der Waals surface area contributed by atoms with Crippen LogP contribution in [0.4, 0.5) is 5.69 Å². The van der Waals surface area contributed by atoms with Gasteiger partial charge in [0.15, 0.2) is 11.4 Å². The van der Waals surface area contributed by atoms with Gasteiger partial charge in [0, 0.05) is 18.5 Å². The van der Waals surface area contributed by atoms with Gasteiger partial charge in [-0.15, -0.1) is 0 Å². The lowest BCUT2D eigenvalue weighted by Crippen LogP contribution is -2.63. The highest BCUT2D eigenvalue weighted by atomic mass is 16.3. The SMILES string of the molecule is CNc1c(-c2ccc(O)c3c2C[C@H]2C[C@H]4[C@H](N(C)C)C(O)=C(C(N)=O)C(=O)[C@@]4(O)C(O)=C2C3=O)c(=O)c1=O. The molecule has 0 heterocycles. The highest BCUT2D eigenvalue weighted by Crippen LogP contribution is 2.53. The summed E-state index contributed by atoms with van der Waals surface area (Å²) in [7, 11) is 4.54. The Labute approximate surface area is 215 Å². The van der Waals surface area contributed by atoms with E-state index in [4.69, 9.17) is 5.73 Å². The Morgan fingerprint density at radius 2 is 1.74 bits per heavy atom. The molecule has 0 unspecified atom stereocenters. The smallest absolute Gasteiger partial charge is 0.255 e. The number of amides is 1. The van der Waals surface area contributed by atoms with Crippen LogP contribution in [0.15, 0.2) is 44.4 Å². The number of aliphatic hydroxyl groups excluding tert-OH is 2. The average molecular weight is 523 g/mol. The predicted octanol–water partition coefficient (Wildman–Crippen LogP) is -0.575. The Morgan fingerprint density at radius 1 is 1.08 bits per heavy atom. The van der Waals surface area contributed by atoms with E-state index in [1.165, 1.54) is 38.2 Å². The number of phenols is 1. The van der Waals surface area contributed by atoms with Crippen molar-refractivity contribution in [1.29, 1.82) is 0 Å². The van der Waals surface area contributed by atoms with E-state index in [0.717, 1.165) is 0 Å². The molecule has 4 atom stereocenters. The highest BCUT2D eigenvalue weighted by Gasteiger charge is 2.63. The molecular formula is C26H25N3O9. The Balaban J connectivity index is 1.75. The monoisotopic (exact) mass is 523 g/mol. The van der Waals surface area contributed by atoms with Crippen molar-refractivity contribution < 1.29 is 34.8 Å². The van der Waals surface area contributed by atoms with Gasteiger partial charge < -0.3 is 31.5 Å². The van der Waals surface area contributed by atoms with Gasteiger partial charge >= 0.3 is 0 Å². The number of aromatic hydroxyl groups is 1. The molecule has 1 amide bonds. The second-order valence-corrected chi connectivity index (χ2v) is 10.1. The molecular weight excluding hydrogens is 498 g/mol. The summed E-state index contributed by atoms with van der Waals surface area (Å²) in [5.74, 6) is -7.58. The third-order valence-corrected chi connectivity index (χ3v) is 8.04. The molecule has 7 N–H and O–H groups in total. The lowest BCUT2D eigenvalue weighted by atomic mass is 9.58. The second-order valence-electron chi connectivity index (χ2n) is 10.1. The number of nitrogens with two attached hydrogens (primary N) is 1. The maximum absolute atomic E-state index is 13.7. The van der Waals surface area contributed by atoms with Crippen molar-refractivity contribution in [1.82, 2.24) is 4.90 Å². The van der Waals surface area contributed by atoms with Crippen molar-refractivity contribution in [3.05, 3.63) is 66.4 Å². The van der Waals surface area contributed by atoms with Crippen molar-refractivity contribution in [2.24, 2.45) is 17.6 Å². The van der Waals surface area contributed by atoms with Crippen molar-refractivity contribution in [3.8, 4) is 16.9 Å². The summed E-state index contributed by atoms with van der Waals surface area (Å²) in [4.78, 5) is 65.0. The summed E-state index contributed by atoms with van der Waals surface area (Å²) in [6, 6.07) is 1.49. The van der Waals surface area contributed by atoms with Crippen LogP contribution >= 0.6 is 0 Å². The molecule has 3 aliphatic carbocycles. The van der Waals surface area contributed by atoms with Gasteiger partial charge in [-0.05, 0) is 50.0 Å². The molecule has 0 aliphatic heterocycles. The minimum absolute atomic E-state index is 0.000235. The Morgan fingerprint density at radius 3 is 2.32 bits per heavy atom. The molecule has 2 aromatic rings. The Kier molecular flexibility index (Phi) is 5.41. The number of Topliss-reactive ketones (excluding diaryl/α,β-unsaturated/α-hetero) is 2. The van der Waals surface area contributed by atoms with E-state index in [1.54, 1.807) is 0 Å². The van der Waals surface area contributed by atoms with Gasteiger partial charge in [0.25, 0.3) is 5.91 Å². The number of primary amides is 1. The maximum Gasteiger partial charge on any atom is 0.255 e. The van der Waals surface area contributed by atoms with Gasteiger partial charge in [0.05, 0.1) is 22.9 Å². The Bertz CT molecular complexity index is 1610. The molecule has 0 fully saturated rings. The normalized spacial score (nSPS) is 26.9. The number of nitrogens with one attached hydrogen (secondary N) is 1. The van der Waals surface area contributed by atoms with E-state index in [0.29, 0.717) is 0 Å². The fraction of sp³-hybridized carbons (Fsp3) is 0.346. The highest BCUT2D eigenvalue weighted by molar-refractivity contribution is 6.25. The first kappa shape index (κ1) is 25.4. The van der Waals surface area contributed by atoms with E-state index in [2.05, 4.69) is 5.32 Å². The van der Waals surface area contributed by atoms with E-state index in [1.807, 2.05) is 0 Å². The second kappa shape index (κ2) is 8.10. The molecule has 3 aliphatic rings. The van der Waals surface area contributed by atoms with Crippen LogP contribution in [0.25, 0.3) is 11.1 Å². The molecule has 5 rings (SSSR count). The number of carbonyl (C=O) groups is 3. The van der Waals surface area contributed by atoms with E-state index >= 15 is 0 Å². The molecule has 0 radical (unpaired) electrons. The van der Waals surface area contributed by atoms with Gasteiger partial charge in [0.2, 0.25) is 16.6 Å². The van der Waals surface area contributed by atoms with Crippen molar-refractivity contribution in [2.45, 2.75) is 24.5 Å². The van der Waals surface area contributed by atoms with Gasteiger partial charge in [0.1, 0.15) is 22.8 Å². The first-order chi connectivity index (χ1) is 17.8. The van der Waals surface area contributed by atoms with Crippen LogP contribution in [0.3, 0.4) is 0 Å². The fourth-order valence-electron chi connectivity index (χ4n) is 6.37. The molecule has 12 heteroatoms. The third kappa shape index (κ3) is 2.95. The first-order valence-corrected chi connectivity index (χ1v) is 11.8. The van der Waals surface area contributed by atoms with Crippen LogP contribution in [0.2, 0.25) is 0 Å². The minimum atomic E-state index is -2.74. The Hall–Kier alpha value is -4.29. The zero-order valence-corrected chi connectivity index (χ0v) is 20.7. The molecule has 0 bridgehead atoms. The van der Waals surface area contributed by atoms with Crippen molar-refractivity contribution in [2.75, 3.05) is 26.5 Å². The fourth-order valence-corrected chi connectivity index (χ4v) is 6.37. The minimum Gasteiger partial charge on any atom is -0.510 e. The molecule has 38 heavy (non-hydrogen) atoms. The number of ketones is 2. The van der Waals surface area contributed by atoms with Gasteiger partial charge in [-0.1, -0.05) is 6.07 Å². The number of fused-ring (bicyclic) bond motifs is 3. The number of rotatable bonds is 4. The summed E-state index contributed by atoms with van der Waals surface area (Å²) < 4.78 is 0. The van der Waals surface area contributed by atoms with Crippen LogP contribution < -0.4 is 21.9 Å². The van der Waals surface area contributed by atoms with Crippen molar-refractivity contribution in [3.63, 3.8) is 0 Å². The number of aliphatic hydroxyl groups is 3. The van der Waals surface area contributed by atoms with Crippen LogP contribution in [0, 0.1) is 11.8 Å². The number of nitrogens with zero attached hydrogens (tertiary/aromatic N) is 1. The quantitative estimate of drug-likeness (QED) is 0.221. The molecule has 0 aromatic heterocycles. The molecule has 12 nitrogen and oxygen atoms in total. The van der Waals surface area contributed by atoms with E-state index in [9.17, 15) is 44.4 Å². The van der Waals surface area contributed by atoms with E-state index in [-0.39, 0.29) is 46.4 Å². The standard InChI is InChI=1S/C26H25N3O9/c1-28-17-15(21(33)22(17)34)9-4-5-12(30)14-10(9)6-8-7-11-18(29(2)3)20(32)16(25(27)37)24(36)26(11,38)23(35)13(8)19(14)31/h4-5,8,11,18,28,30,32,35,38H,6-7H2,1-3H3,(H2,27,37)/t8-,11-,18-,26-/m0/s1. The first-order valence-electron chi connectivity index (χ1n) is 11.8. The number of phenolic OH excluding ortho intramolecular Hbond substituents is 1. The molecule has 198 valence electrons. The lowest BCUT2D eigenvalue weighted by Gasteiger charge is -2.50. The summed E-state index contributed by atoms with van der Waals surface area (Å²) in [5.41, 5.74) is 0.350. The number of likely N-dealkylation sites (N-methyl/N-ethyl adjacent to an activating group) is 1. The van der Waals surface area contributed by atoms with Gasteiger partial charge in [-0.2, -0.15) is 0 Å². The predicted molar refractivity (Wildman–Crippen MR) is 134 cm³/mol. The average Bonchev–Trinajstić information content (AvgIpc) is 2.84. The van der Waals surface area contributed by atoms with Crippen molar-refractivity contribution >= 4 is 23.2 Å². The van der Waals surface area contributed by atoms with Crippen LogP contribution in [0.5, 0.6) is 5.75 Å². The van der Waals surface area contributed by atoms with Crippen LogP contribution in [-0.4, -0.2) is 75.6 Å². The molecule has 0 saturated carbocycles. The van der Waals surface area contributed by atoms with Gasteiger partial charge in [-0.25, -0.2) is 0 Å². The molecule has 0 saturated heterocycles. The third-order valence-electron chi connectivity index (χ3n) is 8.04. The number of benzene rings is 1. The zero-order valence-electron chi connectivity index (χ0n) is 20.7. The summed E-state index contributed by atoms with van der Waals surface area (Å²) in [5, 5.41) is 47.0. The number of hydrogen-bond acceptors (Lipinski definition) is 11. The van der Waals surface area contributed by atoms with Gasteiger partial charge in [-0.3, -0.25) is 28.9 Å².